The van der Waals surface area contributed by atoms with Crippen molar-refractivity contribution in [1.29, 1.82) is 0 Å². The summed E-state index contributed by atoms with van der Waals surface area (Å²) in [6.45, 7) is 1.26. The van der Waals surface area contributed by atoms with Gasteiger partial charge in [-0.15, -0.1) is 0 Å². The van der Waals surface area contributed by atoms with Crippen LogP contribution in [0.3, 0.4) is 0 Å². The molecule has 0 bridgehead atoms. The third-order valence-electron chi connectivity index (χ3n) is 4.98. The van der Waals surface area contributed by atoms with Crippen LogP contribution < -0.4 is 10.1 Å². The molecule has 0 radical (unpaired) electrons. The van der Waals surface area contributed by atoms with Crippen molar-refractivity contribution < 1.29 is 18.7 Å². The molecule has 1 aliphatic rings. The lowest BCUT2D eigenvalue weighted by Crippen LogP contribution is -2.36. The van der Waals surface area contributed by atoms with Crippen LogP contribution in [0.25, 0.3) is 0 Å². The standard InChI is InChI=1S/C22H25FN2O3/c1-28-20-11-10-18(14-19(20)23)24-21(26)13-17-9-5-6-12-25(22(17)27)15-16-7-3-2-4-8-16/h2-4,7-8,10-11,14,17H,5-6,9,12-13,15H2,1H3,(H,24,26). The Kier molecular flexibility index (Phi) is 6.63. The molecule has 2 aromatic carbocycles. The molecule has 5 nitrogen and oxygen atoms in total. The molecule has 1 aliphatic heterocycles. The molecule has 28 heavy (non-hydrogen) atoms. The van der Waals surface area contributed by atoms with Crippen LogP contribution >= 0.6 is 0 Å². The molecule has 1 atom stereocenters. The molecule has 2 amide bonds. The average Bonchev–Trinajstić information content (AvgIpc) is 2.85. The number of anilines is 1. The molecule has 3 rings (SSSR count). The number of rotatable bonds is 6. The van der Waals surface area contributed by atoms with Gasteiger partial charge in [0.1, 0.15) is 0 Å². The maximum Gasteiger partial charge on any atom is 0.226 e. The van der Waals surface area contributed by atoms with E-state index in [0.29, 0.717) is 25.2 Å². The summed E-state index contributed by atoms with van der Waals surface area (Å²) in [6.07, 6.45) is 2.62. The first-order valence-electron chi connectivity index (χ1n) is 9.53. The Bertz CT molecular complexity index is 826. The van der Waals surface area contributed by atoms with Crippen LogP contribution in [-0.4, -0.2) is 30.4 Å². The fourth-order valence-corrected chi connectivity index (χ4v) is 3.52. The van der Waals surface area contributed by atoms with Crippen LogP contribution in [0.1, 0.15) is 31.2 Å². The minimum Gasteiger partial charge on any atom is -0.494 e. The minimum absolute atomic E-state index is 0.0115. The van der Waals surface area contributed by atoms with E-state index in [-0.39, 0.29) is 29.9 Å². The highest BCUT2D eigenvalue weighted by atomic mass is 19.1. The van der Waals surface area contributed by atoms with Gasteiger partial charge in [-0.3, -0.25) is 9.59 Å². The third-order valence-corrected chi connectivity index (χ3v) is 4.98. The number of ether oxygens (including phenoxy) is 1. The zero-order chi connectivity index (χ0) is 19.9. The Balaban J connectivity index is 1.62. The smallest absolute Gasteiger partial charge is 0.226 e. The van der Waals surface area contributed by atoms with E-state index in [9.17, 15) is 14.0 Å². The lowest BCUT2D eigenvalue weighted by atomic mass is 9.98. The van der Waals surface area contributed by atoms with Crippen molar-refractivity contribution in [2.24, 2.45) is 5.92 Å². The number of hydrogen-bond donors (Lipinski definition) is 1. The number of carbonyl (C=O) groups excluding carboxylic acids is 2. The highest BCUT2D eigenvalue weighted by Crippen LogP contribution is 2.24. The number of amides is 2. The SMILES string of the molecule is COc1ccc(NC(=O)CC2CCCCN(Cc3ccccc3)C2=O)cc1F. The summed E-state index contributed by atoms with van der Waals surface area (Å²) in [4.78, 5) is 27.2. The first kappa shape index (κ1) is 19.9. The van der Waals surface area contributed by atoms with E-state index in [4.69, 9.17) is 4.74 Å². The molecule has 6 heteroatoms. The summed E-state index contributed by atoms with van der Waals surface area (Å²) in [7, 11) is 1.38. The van der Waals surface area contributed by atoms with E-state index in [0.717, 1.165) is 18.4 Å². The van der Waals surface area contributed by atoms with Gasteiger partial charge in [-0.25, -0.2) is 4.39 Å². The minimum atomic E-state index is -0.542. The molecular formula is C22H25FN2O3. The van der Waals surface area contributed by atoms with Gasteiger partial charge in [0.2, 0.25) is 11.8 Å². The van der Waals surface area contributed by atoms with Gasteiger partial charge in [0.15, 0.2) is 11.6 Å². The predicted octanol–water partition coefficient (Wildman–Crippen LogP) is 3.99. The molecule has 0 aliphatic carbocycles. The van der Waals surface area contributed by atoms with Gasteiger partial charge in [-0.2, -0.15) is 0 Å². The van der Waals surface area contributed by atoms with E-state index in [1.807, 2.05) is 35.2 Å². The van der Waals surface area contributed by atoms with E-state index < -0.39 is 5.82 Å². The van der Waals surface area contributed by atoms with Crippen molar-refractivity contribution in [1.82, 2.24) is 4.90 Å². The zero-order valence-electron chi connectivity index (χ0n) is 16.0. The fourth-order valence-electron chi connectivity index (χ4n) is 3.52. The number of methoxy groups -OCH3 is 1. The molecule has 0 saturated carbocycles. The summed E-state index contributed by atoms with van der Waals surface area (Å²) in [5.41, 5.74) is 1.43. The Morgan fingerprint density at radius 2 is 2.00 bits per heavy atom. The summed E-state index contributed by atoms with van der Waals surface area (Å²) < 4.78 is 18.7. The first-order chi connectivity index (χ1) is 13.6. The fraction of sp³-hybridized carbons (Fsp3) is 0.364. The number of nitrogens with zero attached hydrogens (tertiary/aromatic N) is 1. The van der Waals surface area contributed by atoms with Gasteiger partial charge in [0.05, 0.1) is 7.11 Å². The maximum atomic E-state index is 13.8. The Morgan fingerprint density at radius 1 is 1.21 bits per heavy atom. The van der Waals surface area contributed by atoms with Gasteiger partial charge in [-0.05, 0) is 30.5 Å². The van der Waals surface area contributed by atoms with Crippen LogP contribution in [0.2, 0.25) is 0 Å². The topological polar surface area (TPSA) is 58.6 Å². The van der Waals surface area contributed by atoms with Gasteiger partial charge in [0, 0.05) is 37.2 Å². The Hall–Kier alpha value is -2.89. The second-order valence-electron chi connectivity index (χ2n) is 7.04. The van der Waals surface area contributed by atoms with E-state index in [1.165, 1.54) is 19.2 Å². The van der Waals surface area contributed by atoms with Crippen molar-refractivity contribution in [3.63, 3.8) is 0 Å². The molecule has 2 aromatic rings. The van der Waals surface area contributed by atoms with Crippen molar-refractivity contribution in [3.05, 3.63) is 59.9 Å². The van der Waals surface area contributed by atoms with E-state index in [1.54, 1.807) is 6.07 Å². The number of likely N-dealkylation sites (tertiary alicyclic amines) is 1. The van der Waals surface area contributed by atoms with Gasteiger partial charge < -0.3 is 15.0 Å². The van der Waals surface area contributed by atoms with Crippen LogP contribution in [0.4, 0.5) is 10.1 Å². The first-order valence-corrected chi connectivity index (χ1v) is 9.53. The molecule has 0 spiro atoms. The Morgan fingerprint density at radius 3 is 2.71 bits per heavy atom. The monoisotopic (exact) mass is 384 g/mol. The highest BCUT2D eigenvalue weighted by Gasteiger charge is 2.28. The lowest BCUT2D eigenvalue weighted by molar-refractivity contribution is -0.137. The molecule has 1 unspecified atom stereocenters. The van der Waals surface area contributed by atoms with Crippen LogP contribution in [0, 0.1) is 11.7 Å². The number of carbonyl (C=O) groups is 2. The van der Waals surface area contributed by atoms with E-state index in [2.05, 4.69) is 5.32 Å². The maximum absolute atomic E-state index is 13.8. The third kappa shape index (κ3) is 5.09. The molecule has 1 fully saturated rings. The number of hydrogen-bond acceptors (Lipinski definition) is 3. The van der Waals surface area contributed by atoms with Crippen molar-refractivity contribution in [2.75, 3.05) is 19.0 Å². The molecule has 0 aromatic heterocycles. The number of nitrogens with one attached hydrogen (secondary N) is 1. The molecule has 148 valence electrons. The number of halogens is 1. The zero-order valence-corrected chi connectivity index (χ0v) is 16.0. The summed E-state index contributed by atoms with van der Waals surface area (Å²) in [6, 6.07) is 14.1. The normalized spacial score (nSPS) is 17.1. The summed E-state index contributed by atoms with van der Waals surface area (Å²) >= 11 is 0. The van der Waals surface area contributed by atoms with Crippen LogP contribution in [-0.2, 0) is 16.1 Å². The van der Waals surface area contributed by atoms with Crippen molar-refractivity contribution >= 4 is 17.5 Å². The van der Waals surface area contributed by atoms with Crippen LogP contribution in [0.15, 0.2) is 48.5 Å². The predicted molar refractivity (Wildman–Crippen MR) is 105 cm³/mol. The van der Waals surface area contributed by atoms with Gasteiger partial charge in [0.25, 0.3) is 0 Å². The highest BCUT2D eigenvalue weighted by molar-refractivity contribution is 5.94. The number of benzene rings is 2. The summed E-state index contributed by atoms with van der Waals surface area (Å²) in [5, 5.41) is 2.68. The second kappa shape index (κ2) is 9.35. The van der Waals surface area contributed by atoms with Crippen molar-refractivity contribution in [2.45, 2.75) is 32.2 Å². The van der Waals surface area contributed by atoms with E-state index >= 15 is 0 Å². The quantitative estimate of drug-likeness (QED) is 0.819. The molecule has 1 heterocycles. The van der Waals surface area contributed by atoms with Crippen LogP contribution in [0.5, 0.6) is 5.75 Å². The second-order valence-corrected chi connectivity index (χ2v) is 7.04. The molecule has 1 N–H and O–H groups in total. The Labute approximate surface area is 164 Å². The molecule has 1 saturated heterocycles. The molecular weight excluding hydrogens is 359 g/mol. The lowest BCUT2D eigenvalue weighted by Gasteiger charge is -2.24. The van der Waals surface area contributed by atoms with Crippen molar-refractivity contribution in [3.8, 4) is 5.75 Å². The average molecular weight is 384 g/mol. The largest absolute Gasteiger partial charge is 0.494 e. The summed E-state index contributed by atoms with van der Waals surface area (Å²) in [5.74, 6) is -1.05. The van der Waals surface area contributed by atoms with Gasteiger partial charge >= 0.3 is 0 Å². The van der Waals surface area contributed by atoms with Gasteiger partial charge in [-0.1, -0.05) is 36.8 Å².